The molecular weight excluding hydrogens is 326 g/mol. The van der Waals surface area contributed by atoms with Crippen LogP contribution in [0.4, 0.5) is 5.69 Å². The Morgan fingerprint density at radius 1 is 1.13 bits per heavy atom. The molecule has 3 aromatic rings. The number of anilines is 1. The van der Waals surface area contributed by atoms with Gasteiger partial charge in [-0.15, -0.1) is 16.9 Å². The van der Waals surface area contributed by atoms with Gasteiger partial charge in [0.15, 0.2) is 0 Å². The smallest absolute Gasteiger partial charge is 0.269 e. The average Bonchev–Trinajstić information content (AvgIpc) is 3.06. The van der Waals surface area contributed by atoms with E-state index in [1.54, 1.807) is 11.8 Å². The lowest BCUT2D eigenvalue weighted by Crippen LogP contribution is -2.12. The number of hydrogen-bond acceptors (Lipinski definition) is 5. The first kappa shape index (κ1) is 15.7. The van der Waals surface area contributed by atoms with Gasteiger partial charge < -0.3 is 5.32 Å². The lowest BCUT2D eigenvalue weighted by molar-refractivity contribution is 0.103. The Hall–Kier alpha value is -2.18. The van der Waals surface area contributed by atoms with Crippen LogP contribution in [-0.4, -0.2) is 21.7 Å². The number of aryl methyl sites for hydroxylation is 1. The minimum Gasteiger partial charge on any atom is -0.320 e. The van der Waals surface area contributed by atoms with E-state index < -0.39 is 0 Å². The van der Waals surface area contributed by atoms with Gasteiger partial charge in [0, 0.05) is 10.5 Å². The van der Waals surface area contributed by atoms with E-state index in [2.05, 4.69) is 14.9 Å². The van der Waals surface area contributed by atoms with Gasteiger partial charge in [-0.05, 0) is 36.8 Å². The summed E-state index contributed by atoms with van der Waals surface area (Å²) in [5.74, 6) is -0.183. The number of thioether (sulfide) groups is 1. The number of aromatic nitrogens is 2. The van der Waals surface area contributed by atoms with Gasteiger partial charge in [-0.3, -0.25) is 4.79 Å². The first-order valence-corrected chi connectivity index (χ1v) is 9.02. The molecule has 0 saturated carbocycles. The van der Waals surface area contributed by atoms with Crippen molar-refractivity contribution < 1.29 is 4.79 Å². The zero-order valence-electron chi connectivity index (χ0n) is 12.7. The highest BCUT2D eigenvalue weighted by Gasteiger charge is 2.18. The highest BCUT2D eigenvalue weighted by atomic mass is 32.2. The molecule has 0 atom stereocenters. The van der Waals surface area contributed by atoms with E-state index in [1.807, 2.05) is 61.7 Å². The molecule has 6 heteroatoms. The van der Waals surface area contributed by atoms with Gasteiger partial charge in [-0.1, -0.05) is 46.4 Å². The molecule has 1 heterocycles. The molecule has 1 aromatic heterocycles. The summed E-state index contributed by atoms with van der Waals surface area (Å²) in [5, 5.41) is 7.08. The first-order valence-electron chi connectivity index (χ1n) is 7.03. The van der Waals surface area contributed by atoms with Gasteiger partial charge in [0.2, 0.25) is 0 Å². The van der Waals surface area contributed by atoms with Crippen molar-refractivity contribution >= 4 is 34.9 Å². The van der Waals surface area contributed by atoms with Crippen LogP contribution in [0.1, 0.15) is 15.2 Å². The zero-order valence-corrected chi connectivity index (χ0v) is 14.4. The van der Waals surface area contributed by atoms with E-state index in [4.69, 9.17) is 0 Å². The van der Waals surface area contributed by atoms with Gasteiger partial charge in [0.05, 0.1) is 5.69 Å². The molecule has 0 spiro atoms. The number of amides is 1. The number of carbonyl (C=O) groups is 1. The van der Waals surface area contributed by atoms with Crippen LogP contribution < -0.4 is 5.32 Å². The molecular formula is C17H15N3OS2. The first-order chi connectivity index (χ1) is 11.2. The third kappa shape index (κ3) is 3.43. The van der Waals surface area contributed by atoms with Crippen LogP contribution in [0.15, 0.2) is 53.4 Å². The maximum atomic E-state index is 12.6. The summed E-state index contributed by atoms with van der Waals surface area (Å²) in [4.78, 5) is 14.2. The van der Waals surface area contributed by atoms with E-state index >= 15 is 0 Å². The van der Waals surface area contributed by atoms with Crippen molar-refractivity contribution in [3.63, 3.8) is 0 Å². The molecule has 0 bridgehead atoms. The van der Waals surface area contributed by atoms with Crippen LogP contribution in [0.25, 0.3) is 11.3 Å². The Kier molecular flexibility index (Phi) is 4.73. The minimum absolute atomic E-state index is 0.183. The Morgan fingerprint density at radius 3 is 2.61 bits per heavy atom. The second-order valence-electron chi connectivity index (χ2n) is 4.97. The fourth-order valence-electron chi connectivity index (χ4n) is 2.17. The maximum Gasteiger partial charge on any atom is 0.269 e. The van der Waals surface area contributed by atoms with Crippen molar-refractivity contribution in [3.8, 4) is 11.3 Å². The molecule has 2 aromatic carbocycles. The third-order valence-electron chi connectivity index (χ3n) is 3.37. The van der Waals surface area contributed by atoms with Crippen LogP contribution in [0.5, 0.6) is 0 Å². The molecule has 23 heavy (non-hydrogen) atoms. The zero-order chi connectivity index (χ0) is 16.2. The molecule has 0 aliphatic rings. The van der Waals surface area contributed by atoms with Crippen LogP contribution in [0, 0.1) is 6.92 Å². The fraction of sp³-hybridized carbons (Fsp3) is 0.118. The molecule has 3 rings (SSSR count). The summed E-state index contributed by atoms with van der Waals surface area (Å²) < 4.78 is 3.95. The molecule has 0 radical (unpaired) electrons. The predicted octanol–water partition coefficient (Wildman–Crippen LogP) is 4.49. The van der Waals surface area contributed by atoms with E-state index in [-0.39, 0.29) is 5.91 Å². The molecule has 1 amide bonds. The number of benzene rings is 2. The summed E-state index contributed by atoms with van der Waals surface area (Å²) in [5.41, 5.74) is 3.48. The van der Waals surface area contributed by atoms with Gasteiger partial charge >= 0.3 is 0 Å². The minimum atomic E-state index is -0.183. The predicted molar refractivity (Wildman–Crippen MR) is 96.3 cm³/mol. The number of hydrogen-bond donors (Lipinski definition) is 1. The van der Waals surface area contributed by atoms with Crippen molar-refractivity contribution in [3.05, 3.63) is 59.0 Å². The summed E-state index contributed by atoms with van der Waals surface area (Å²) >= 11 is 2.70. The molecule has 116 valence electrons. The van der Waals surface area contributed by atoms with E-state index in [0.29, 0.717) is 10.6 Å². The Balaban J connectivity index is 1.89. The lowest BCUT2D eigenvalue weighted by atomic mass is 10.1. The number of para-hydroxylation sites is 1. The maximum absolute atomic E-state index is 12.6. The summed E-state index contributed by atoms with van der Waals surface area (Å²) in [6.07, 6.45) is 1.98. The number of nitrogens with one attached hydrogen (secondary N) is 1. The van der Waals surface area contributed by atoms with Crippen LogP contribution in [0.3, 0.4) is 0 Å². The van der Waals surface area contributed by atoms with Crippen molar-refractivity contribution in [1.29, 1.82) is 0 Å². The second kappa shape index (κ2) is 6.93. The molecule has 4 nitrogen and oxygen atoms in total. The Bertz CT molecular complexity index is 828. The van der Waals surface area contributed by atoms with E-state index in [9.17, 15) is 4.79 Å². The summed E-state index contributed by atoms with van der Waals surface area (Å²) in [6.45, 7) is 2.02. The second-order valence-corrected chi connectivity index (χ2v) is 6.57. The van der Waals surface area contributed by atoms with Crippen molar-refractivity contribution in [2.45, 2.75) is 11.8 Å². The fourth-order valence-corrected chi connectivity index (χ4v) is 3.30. The van der Waals surface area contributed by atoms with Crippen molar-refractivity contribution in [1.82, 2.24) is 9.59 Å². The highest BCUT2D eigenvalue weighted by molar-refractivity contribution is 7.98. The average molecular weight is 341 g/mol. The Labute approximate surface area is 143 Å². The quantitative estimate of drug-likeness (QED) is 0.711. The molecule has 0 aliphatic heterocycles. The molecule has 0 unspecified atom stereocenters. The monoisotopic (exact) mass is 341 g/mol. The van der Waals surface area contributed by atoms with Gasteiger partial charge in [0.1, 0.15) is 10.6 Å². The SMILES string of the molecule is CSc1ccccc1NC(=O)c1snnc1-c1ccc(C)cc1. The molecule has 0 aliphatic carbocycles. The molecule has 0 saturated heterocycles. The number of nitrogens with zero attached hydrogens (tertiary/aromatic N) is 2. The lowest BCUT2D eigenvalue weighted by Gasteiger charge is -2.08. The van der Waals surface area contributed by atoms with Gasteiger partial charge in [-0.2, -0.15) is 0 Å². The van der Waals surface area contributed by atoms with E-state index in [0.717, 1.165) is 33.2 Å². The standard InChI is InChI=1S/C17H15N3OS2/c1-11-7-9-12(10-8-11)15-16(23-20-19-15)17(21)18-13-5-3-4-6-14(13)22-2/h3-10H,1-2H3,(H,18,21). The largest absolute Gasteiger partial charge is 0.320 e. The van der Waals surface area contributed by atoms with E-state index in [1.165, 1.54) is 0 Å². The van der Waals surface area contributed by atoms with Gasteiger partial charge in [0.25, 0.3) is 5.91 Å². The third-order valence-corrected chi connectivity index (χ3v) is 4.89. The van der Waals surface area contributed by atoms with Gasteiger partial charge in [-0.25, -0.2) is 0 Å². The van der Waals surface area contributed by atoms with Crippen LogP contribution in [0.2, 0.25) is 0 Å². The normalized spacial score (nSPS) is 10.5. The number of rotatable bonds is 4. The van der Waals surface area contributed by atoms with Crippen LogP contribution >= 0.6 is 23.3 Å². The molecule has 1 N–H and O–H groups in total. The van der Waals surface area contributed by atoms with Crippen LogP contribution in [-0.2, 0) is 0 Å². The summed E-state index contributed by atoms with van der Waals surface area (Å²) in [6, 6.07) is 15.6. The molecule has 0 fully saturated rings. The van der Waals surface area contributed by atoms with Crippen molar-refractivity contribution in [2.75, 3.05) is 11.6 Å². The Morgan fingerprint density at radius 2 is 1.87 bits per heavy atom. The topological polar surface area (TPSA) is 54.9 Å². The number of carbonyl (C=O) groups excluding carboxylic acids is 1. The highest BCUT2D eigenvalue weighted by Crippen LogP contribution is 2.28. The van der Waals surface area contributed by atoms with Crippen molar-refractivity contribution in [2.24, 2.45) is 0 Å². The summed E-state index contributed by atoms with van der Waals surface area (Å²) in [7, 11) is 0.